The highest BCUT2D eigenvalue weighted by atomic mass is 32.2. The number of nitrogens with zero attached hydrogens (tertiary/aromatic N) is 2. The molecule has 7 heteroatoms. The minimum absolute atomic E-state index is 0.0262. The van der Waals surface area contributed by atoms with Gasteiger partial charge in [0, 0.05) is 23.6 Å². The van der Waals surface area contributed by atoms with E-state index in [0.717, 1.165) is 6.42 Å². The van der Waals surface area contributed by atoms with Crippen molar-refractivity contribution < 1.29 is 4.92 Å². The Labute approximate surface area is 132 Å². The lowest BCUT2D eigenvalue weighted by Gasteiger charge is -2.09. The fourth-order valence-electron chi connectivity index (χ4n) is 2.27. The first-order valence-corrected chi connectivity index (χ1v) is 8.17. The van der Waals surface area contributed by atoms with E-state index in [1.165, 1.54) is 17.8 Å². The highest BCUT2D eigenvalue weighted by Crippen LogP contribution is 2.22. The first kappa shape index (κ1) is 16.2. The normalized spacial score (nSPS) is 10.6. The van der Waals surface area contributed by atoms with Gasteiger partial charge in [-0.1, -0.05) is 43.3 Å². The number of hydrogen-bond acceptors (Lipinski definition) is 5. The molecule has 0 bridgehead atoms. The predicted molar refractivity (Wildman–Crippen MR) is 86.5 cm³/mol. The Morgan fingerprint density at radius 2 is 2.09 bits per heavy atom. The smallest absolute Gasteiger partial charge is 0.272 e. The summed E-state index contributed by atoms with van der Waals surface area (Å²) >= 11 is 1.37. The number of para-hydroxylation sites is 1. The number of benzene rings is 1. The van der Waals surface area contributed by atoms with Gasteiger partial charge in [0.15, 0.2) is 5.16 Å². The van der Waals surface area contributed by atoms with Crippen LogP contribution in [0.25, 0.3) is 0 Å². The maximum absolute atomic E-state index is 12.3. The van der Waals surface area contributed by atoms with E-state index in [0.29, 0.717) is 28.4 Å². The Hall–Kier alpha value is -2.15. The highest BCUT2D eigenvalue weighted by Gasteiger charge is 2.17. The van der Waals surface area contributed by atoms with Gasteiger partial charge in [-0.3, -0.25) is 14.9 Å². The molecule has 22 heavy (non-hydrogen) atoms. The van der Waals surface area contributed by atoms with E-state index >= 15 is 0 Å². The van der Waals surface area contributed by atoms with Gasteiger partial charge in [0.05, 0.1) is 10.6 Å². The van der Waals surface area contributed by atoms with Crippen LogP contribution in [0, 0.1) is 10.1 Å². The second-order valence-corrected chi connectivity index (χ2v) is 5.61. The Morgan fingerprint density at radius 3 is 2.73 bits per heavy atom. The lowest BCUT2D eigenvalue weighted by atomic mass is 10.0. The Bertz CT molecular complexity index is 743. The fraction of sp³-hybridized carbons (Fsp3) is 0.333. The van der Waals surface area contributed by atoms with E-state index < -0.39 is 4.92 Å². The summed E-state index contributed by atoms with van der Waals surface area (Å²) < 4.78 is 0. The Kier molecular flexibility index (Phi) is 5.32. The molecule has 116 valence electrons. The number of nitro groups is 1. The molecule has 0 unspecified atom stereocenters. The van der Waals surface area contributed by atoms with Gasteiger partial charge in [0.25, 0.3) is 11.2 Å². The third kappa shape index (κ3) is 3.54. The molecule has 0 atom stereocenters. The van der Waals surface area contributed by atoms with E-state index in [-0.39, 0.29) is 17.7 Å². The molecular weight excluding hydrogens is 302 g/mol. The van der Waals surface area contributed by atoms with Crippen molar-refractivity contribution in [1.82, 2.24) is 9.97 Å². The van der Waals surface area contributed by atoms with Crippen molar-refractivity contribution in [2.75, 3.05) is 6.26 Å². The molecule has 1 heterocycles. The molecule has 0 aliphatic rings. The maximum Gasteiger partial charge on any atom is 0.272 e. The van der Waals surface area contributed by atoms with Crippen molar-refractivity contribution in [3.63, 3.8) is 0 Å². The summed E-state index contributed by atoms with van der Waals surface area (Å²) in [6.45, 7) is 2.01. The van der Waals surface area contributed by atoms with E-state index in [1.54, 1.807) is 18.2 Å². The zero-order chi connectivity index (χ0) is 16.1. The van der Waals surface area contributed by atoms with Gasteiger partial charge in [-0.05, 0) is 12.7 Å². The van der Waals surface area contributed by atoms with Crippen molar-refractivity contribution in [3.05, 3.63) is 61.6 Å². The van der Waals surface area contributed by atoms with Crippen LogP contribution in [0.1, 0.15) is 30.2 Å². The standard InChI is InChI=1S/C15H17N3O3S/c1-3-6-12-11(14(19)17-15(16-12)22-2)9-10-7-4-5-8-13(10)18(20)21/h4-5,7-8H,3,6,9H2,1-2H3,(H,16,17,19). The molecule has 0 spiro atoms. The van der Waals surface area contributed by atoms with Crippen LogP contribution < -0.4 is 5.56 Å². The quantitative estimate of drug-likeness (QED) is 0.383. The zero-order valence-electron chi connectivity index (χ0n) is 12.5. The molecule has 2 rings (SSSR count). The average Bonchev–Trinajstić information content (AvgIpc) is 2.50. The summed E-state index contributed by atoms with van der Waals surface area (Å²) in [6.07, 6.45) is 3.58. The summed E-state index contributed by atoms with van der Waals surface area (Å²) in [5, 5.41) is 11.7. The van der Waals surface area contributed by atoms with Crippen LogP contribution in [0.2, 0.25) is 0 Å². The molecule has 0 fully saturated rings. The fourth-order valence-corrected chi connectivity index (χ4v) is 2.67. The van der Waals surface area contributed by atoms with E-state index in [9.17, 15) is 14.9 Å². The monoisotopic (exact) mass is 319 g/mol. The van der Waals surface area contributed by atoms with Gasteiger partial charge >= 0.3 is 0 Å². The van der Waals surface area contributed by atoms with Crippen molar-refractivity contribution in [3.8, 4) is 0 Å². The van der Waals surface area contributed by atoms with Gasteiger partial charge in [0.2, 0.25) is 0 Å². The topological polar surface area (TPSA) is 88.9 Å². The van der Waals surface area contributed by atoms with Crippen LogP contribution in [0.3, 0.4) is 0 Å². The molecule has 0 saturated carbocycles. The molecular formula is C15H17N3O3S. The van der Waals surface area contributed by atoms with Crippen LogP contribution in [-0.4, -0.2) is 21.1 Å². The van der Waals surface area contributed by atoms with E-state index in [1.807, 2.05) is 13.2 Å². The van der Waals surface area contributed by atoms with Gasteiger partial charge in [-0.15, -0.1) is 0 Å². The van der Waals surface area contributed by atoms with Crippen LogP contribution in [0.5, 0.6) is 0 Å². The minimum Gasteiger partial charge on any atom is -0.301 e. The molecule has 0 aliphatic carbocycles. The van der Waals surface area contributed by atoms with Gasteiger partial charge in [0.1, 0.15) is 0 Å². The number of thioether (sulfide) groups is 1. The molecule has 1 aromatic heterocycles. The first-order valence-electron chi connectivity index (χ1n) is 6.95. The van der Waals surface area contributed by atoms with Gasteiger partial charge in [-0.2, -0.15) is 0 Å². The zero-order valence-corrected chi connectivity index (χ0v) is 13.3. The third-order valence-electron chi connectivity index (χ3n) is 3.32. The Morgan fingerprint density at radius 1 is 1.36 bits per heavy atom. The Balaban J connectivity index is 2.49. The molecule has 1 N–H and O–H groups in total. The summed E-state index contributed by atoms with van der Waals surface area (Å²) in [5.74, 6) is 0. The number of aromatic amines is 1. The third-order valence-corrected chi connectivity index (χ3v) is 3.90. The van der Waals surface area contributed by atoms with Crippen LogP contribution in [0.15, 0.2) is 34.2 Å². The number of nitro benzene ring substituents is 1. The molecule has 6 nitrogen and oxygen atoms in total. The second-order valence-electron chi connectivity index (χ2n) is 4.81. The number of rotatable bonds is 6. The van der Waals surface area contributed by atoms with Crippen molar-refractivity contribution >= 4 is 17.4 Å². The van der Waals surface area contributed by atoms with Crippen molar-refractivity contribution in [1.29, 1.82) is 0 Å². The van der Waals surface area contributed by atoms with Crippen LogP contribution >= 0.6 is 11.8 Å². The summed E-state index contributed by atoms with van der Waals surface area (Å²) in [4.78, 5) is 30.2. The van der Waals surface area contributed by atoms with Crippen LogP contribution in [-0.2, 0) is 12.8 Å². The molecule has 1 aromatic carbocycles. The number of nitrogens with one attached hydrogen (secondary N) is 1. The summed E-state index contributed by atoms with van der Waals surface area (Å²) in [5.41, 5.74) is 1.55. The number of hydrogen-bond donors (Lipinski definition) is 1. The van der Waals surface area contributed by atoms with Crippen molar-refractivity contribution in [2.24, 2.45) is 0 Å². The molecule has 0 amide bonds. The average molecular weight is 319 g/mol. The highest BCUT2D eigenvalue weighted by molar-refractivity contribution is 7.98. The molecule has 0 aliphatic heterocycles. The van der Waals surface area contributed by atoms with Crippen LogP contribution in [0.4, 0.5) is 5.69 Å². The van der Waals surface area contributed by atoms with Crippen molar-refractivity contribution in [2.45, 2.75) is 31.3 Å². The lowest BCUT2D eigenvalue weighted by molar-refractivity contribution is -0.385. The number of H-pyrrole nitrogens is 1. The molecule has 0 saturated heterocycles. The lowest BCUT2D eigenvalue weighted by Crippen LogP contribution is -2.19. The molecule has 0 radical (unpaired) electrons. The minimum atomic E-state index is -0.424. The van der Waals surface area contributed by atoms with E-state index in [4.69, 9.17) is 0 Å². The maximum atomic E-state index is 12.3. The largest absolute Gasteiger partial charge is 0.301 e. The second kappa shape index (κ2) is 7.22. The molecule has 2 aromatic rings. The number of aromatic nitrogens is 2. The predicted octanol–water partition coefficient (Wildman–Crippen LogP) is 2.94. The summed E-state index contributed by atoms with van der Waals surface area (Å²) in [6, 6.07) is 6.48. The number of aryl methyl sites for hydroxylation is 1. The van der Waals surface area contributed by atoms with Gasteiger partial charge < -0.3 is 4.98 Å². The SMILES string of the molecule is CCCc1nc(SC)[nH]c(=O)c1Cc1ccccc1[N+](=O)[O-]. The summed E-state index contributed by atoms with van der Waals surface area (Å²) in [7, 11) is 0. The van der Waals surface area contributed by atoms with Gasteiger partial charge in [-0.25, -0.2) is 4.98 Å². The first-order chi connectivity index (χ1) is 10.6. The van der Waals surface area contributed by atoms with E-state index in [2.05, 4.69) is 9.97 Å².